The van der Waals surface area contributed by atoms with Gasteiger partial charge < -0.3 is 11.1 Å². The summed E-state index contributed by atoms with van der Waals surface area (Å²) in [7, 11) is 0. The average Bonchev–Trinajstić information content (AvgIpc) is 2.46. The van der Waals surface area contributed by atoms with Crippen LogP contribution < -0.4 is 11.1 Å². The molecule has 0 radical (unpaired) electrons. The van der Waals surface area contributed by atoms with Gasteiger partial charge in [0, 0.05) is 18.2 Å². The summed E-state index contributed by atoms with van der Waals surface area (Å²) in [6.07, 6.45) is 4.20. The van der Waals surface area contributed by atoms with E-state index in [1.54, 1.807) is 0 Å². The van der Waals surface area contributed by atoms with Crippen molar-refractivity contribution in [2.45, 2.75) is 45.4 Å². The minimum Gasteiger partial charge on any atom is -0.399 e. The lowest BCUT2D eigenvalue weighted by Crippen LogP contribution is -2.35. The van der Waals surface area contributed by atoms with E-state index in [-0.39, 0.29) is 11.8 Å². The highest BCUT2D eigenvalue weighted by atomic mass is 16.1. The zero-order valence-corrected chi connectivity index (χ0v) is 12.6. The normalized spacial score (nSPS) is 22.8. The molecule has 20 heavy (non-hydrogen) atoms. The maximum absolute atomic E-state index is 12.1. The molecule has 0 saturated heterocycles. The predicted octanol–water partition coefficient (Wildman–Crippen LogP) is 3.31. The topological polar surface area (TPSA) is 55.1 Å². The van der Waals surface area contributed by atoms with Crippen LogP contribution in [0.1, 0.15) is 51.0 Å². The number of carbonyl (C=O) groups excluding carboxylic acids is 1. The van der Waals surface area contributed by atoms with E-state index in [0.717, 1.165) is 37.9 Å². The van der Waals surface area contributed by atoms with Crippen LogP contribution in [0.15, 0.2) is 24.3 Å². The van der Waals surface area contributed by atoms with Crippen LogP contribution in [0.5, 0.6) is 0 Å². The lowest BCUT2D eigenvalue weighted by Gasteiger charge is -2.28. The fourth-order valence-electron chi connectivity index (χ4n) is 2.91. The second kappa shape index (κ2) is 6.78. The van der Waals surface area contributed by atoms with Gasteiger partial charge in [-0.3, -0.25) is 4.79 Å². The van der Waals surface area contributed by atoms with E-state index < -0.39 is 0 Å². The molecule has 1 aliphatic rings. The molecule has 1 saturated carbocycles. The predicted molar refractivity (Wildman–Crippen MR) is 83.4 cm³/mol. The van der Waals surface area contributed by atoms with E-state index in [1.165, 1.54) is 5.56 Å². The molecule has 2 rings (SSSR count). The van der Waals surface area contributed by atoms with E-state index in [1.807, 2.05) is 12.1 Å². The van der Waals surface area contributed by atoms with Crippen LogP contribution in [0.3, 0.4) is 0 Å². The van der Waals surface area contributed by atoms with Crippen LogP contribution in [-0.4, -0.2) is 12.5 Å². The lowest BCUT2D eigenvalue weighted by atomic mass is 9.78. The average molecular weight is 274 g/mol. The van der Waals surface area contributed by atoms with Crippen molar-refractivity contribution in [2.75, 3.05) is 12.3 Å². The summed E-state index contributed by atoms with van der Waals surface area (Å²) in [6, 6.07) is 8.19. The number of rotatable bonds is 4. The SMILES string of the molecule is CC(C)CNC(=O)C1CCC(c2ccc(N)cc2)CC1. The van der Waals surface area contributed by atoms with Gasteiger partial charge in [-0.15, -0.1) is 0 Å². The van der Waals surface area contributed by atoms with Crippen LogP contribution >= 0.6 is 0 Å². The Morgan fingerprint density at radius 1 is 1.20 bits per heavy atom. The molecular formula is C17H26N2O. The van der Waals surface area contributed by atoms with E-state index in [0.29, 0.717) is 11.8 Å². The third-order valence-electron chi connectivity index (χ3n) is 4.19. The number of carbonyl (C=O) groups is 1. The number of anilines is 1. The van der Waals surface area contributed by atoms with Gasteiger partial charge >= 0.3 is 0 Å². The molecule has 0 bridgehead atoms. The first-order valence-corrected chi connectivity index (χ1v) is 7.69. The maximum atomic E-state index is 12.1. The Hall–Kier alpha value is -1.51. The molecule has 1 amide bonds. The first-order chi connectivity index (χ1) is 9.56. The van der Waals surface area contributed by atoms with Crippen LogP contribution in [0.4, 0.5) is 5.69 Å². The number of benzene rings is 1. The molecule has 0 unspecified atom stereocenters. The standard InChI is InChI=1S/C17H26N2O/c1-12(2)11-19-17(20)15-5-3-13(4-6-15)14-7-9-16(18)10-8-14/h7-10,12-13,15H,3-6,11,18H2,1-2H3,(H,19,20). The third-order valence-corrected chi connectivity index (χ3v) is 4.19. The Morgan fingerprint density at radius 3 is 2.35 bits per heavy atom. The van der Waals surface area contributed by atoms with E-state index in [9.17, 15) is 4.79 Å². The highest BCUT2D eigenvalue weighted by Crippen LogP contribution is 2.36. The third kappa shape index (κ3) is 3.99. The Labute approximate surface area is 121 Å². The number of nitrogen functional groups attached to an aromatic ring is 1. The van der Waals surface area contributed by atoms with Crippen molar-refractivity contribution in [1.82, 2.24) is 5.32 Å². The van der Waals surface area contributed by atoms with E-state index >= 15 is 0 Å². The number of nitrogens with two attached hydrogens (primary N) is 1. The van der Waals surface area contributed by atoms with Gasteiger partial charge in [-0.1, -0.05) is 26.0 Å². The van der Waals surface area contributed by atoms with Crippen LogP contribution in [0.2, 0.25) is 0 Å². The lowest BCUT2D eigenvalue weighted by molar-refractivity contribution is -0.126. The van der Waals surface area contributed by atoms with Crippen molar-refractivity contribution < 1.29 is 4.79 Å². The highest BCUT2D eigenvalue weighted by molar-refractivity contribution is 5.78. The first-order valence-electron chi connectivity index (χ1n) is 7.69. The van der Waals surface area contributed by atoms with Gasteiger partial charge in [0.2, 0.25) is 5.91 Å². The second-order valence-corrected chi connectivity index (χ2v) is 6.35. The Morgan fingerprint density at radius 2 is 1.80 bits per heavy atom. The summed E-state index contributed by atoms with van der Waals surface area (Å²) < 4.78 is 0. The summed E-state index contributed by atoms with van der Waals surface area (Å²) in [5, 5.41) is 3.06. The molecule has 1 aliphatic carbocycles. The number of amides is 1. The molecule has 1 aromatic carbocycles. The van der Waals surface area contributed by atoms with Crippen molar-refractivity contribution in [1.29, 1.82) is 0 Å². The van der Waals surface area contributed by atoms with Gasteiger partial charge in [-0.25, -0.2) is 0 Å². The summed E-state index contributed by atoms with van der Waals surface area (Å²) in [5.41, 5.74) is 7.90. The van der Waals surface area contributed by atoms with E-state index in [4.69, 9.17) is 5.73 Å². The van der Waals surface area contributed by atoms with Crippen LogP contribution in [0.25, 0.3) is 0 Å². The Bertz CT molecular complexity index is 431. The molecular weight excluding hydrogens is 248 g/mol. The minimum atomic E-state index is 0.207. The molecule has 110 valence electrons. The molecule has 3 nitrogen and oxygen atoms in total. The number of nitrogens with one attached hydrogen (secondary N) is 1. The van der Waals surface area contributed by atoms with Gasteiger partial charge in [0.1, 0.15) is 0 Å². The molecule has 3 N–H and O–H groups in total. The van der Waals surface area contributed by atoms with Gasteiger partial charge in [0.15, 0.2) is 0 Å². The van der Waals surface area contributed by atoms with Gasteiger partial charge in [-0.2, -0.15) is 0 Å². The van der Waals surface area contributed by atoms with Crippen LogP contribution in [0, 0.1) is 11.8 Å². The van der Waals surface area contributed by atoms with Gasteiger partial charge in [0.05, 0.1) is 0 Å². The Balaban J connectivity index is 1.83. The molecule has 1 fully saturated rings. The molecule has 3 heteroatoms. The monoisotopic (exact) mass is 274 g/mol. The minimum absolute atomic E-state index is 0.207. The summed E-state index contributed by atoms with van der Waals surface area (Å²) >= 11 is 0. The molecule has 0 heterocycles. The fraction of sp³-hybridized carbons (Fsp3) is 0.588. The molecule has 0 spiro atoms. The largest absolute Gasteiger partial charge is 0.399 e. The van der Waals surface area contributed by atoms with Crippen molar-refractivity contribution >= 4 is 11.6 Å². The highest BCUT2D eigenvalue weighted by Gasteiger charge is 2.26. The van der Waals surface area contributed by atoms with Gasteiger partial charge in [0.25, 0.3) is 0 Å². The summed E-state index contributed by atoms with van der Waals surface area (Å²) in [6.45, 7) is 5.04. The quantitative estimate of drug-likeness (QED) is 0.828. The van der Waals surface area contributed by atoms with Gasteiger partial charge in [-0.05, 0) is 55.2 Å². The molecule has 1 aromatic rings. The second-order valence-electron chi connectivity index (χ2n) is 6.35. The molecule has 0 atom stereocenters. The number of hydrogen-bond acceptors (Lipinski definition) is 2. The van der Waals surface area contributed by atoms with Crippen molar-refractivity contribution in [3.8, 4) is 0 Å². The zero-order chi connectivity index (χ0) is 14.5. The van der Waals surface area contributed by atoms with Crippen molar-refractivity contribution in [2.24, 2.45) is 11.8 Å². The smallest absolute Gasteiger partial charge is 0.223 e. The first kappa shape index (κ1) is 14.9. The molecule has 0 aliphatic heterocycles. The van der Waals surface area contributed by atoms with Crippen LogP contribution in [-0.2, 0) is 4.79 Å². The number of hydrogen-bond donors (Lipinski definition) is 2. The van der Waals surface area contributed by atoms with E-state index in [2.05, 4.69) is 31.3 Å². The fourth-order valence-corrected chi connectivity index (χ4v) is 2.91. The Kier molecular flexibility index (Phi) is 5.05. The summed E-state index contributed by atoms with van der Waals surface area (Å²) in [4.78, 5) is 12.1. The maximum Gasteiger partial charge on any atom is 0.223 e. The van der Waals surface area contributed by atoms with Crippen molar-refractivity contribution in [3.63, 3.8) is 0 Å². The summed E-state index contributed by atoms with van der Waals surface area (Å²) in [5.74, 6) is 1.56. The van der Waals surface area contributed by atoms with Crippen molar-refractivity contribution in [3.05, 3.63) is 29.8 Å². The zero-order valence-electron chi connectivity index (χ0n) is 12.6. The molecule has 0 aromatic heterocycles.